The third kappa shape index (κ3) is 5.29. The molecule has 29 heavy (non-hydrogen) atoms. The van der Waals surface area contributed by atoms with E-state index in [1.807, 2.05) is 26.0 Å². The Bertz CT molecular complexity index is 977. The predicted molar refractivity (Wildman–Crippen MR) is 116 cm³/mol. The van der Waals surface area contributed by atoms with Crippen LogP contribution in [0, 0.1) is 0 Å². The van der Waals surface area contributed by atoms with Crippen molar-refractivity contribution in [1.82, 2.24) is 0 Å². The number of fused-ring (bicyclic) bond motifs is 1. The fraction of sp³-hybridized carbons (Fsp3) is 0.381. The van der Waals surface area contributed by atoms with E-state index >= 15 is 0 Å². The zero-order valence-electron chi connectivity index (χ0n) is 16.5. The van der Waals surface area contributed by atoms with Crippen LogP contribution in [-0.2, 0) is 37.6 Å². The number of carbonyl (C=O) groups excluding carboxylic acids is 1. The number of benzene rings is 2. The Morgan fingerprint density at radius 3 is 2.48 bits per heavy atom. The number of sulfonamides is 1. The van der Waals surface area contributed by atoms with Crippen molar-refractivity contribution in [3.05, 3.63) is 59.2 Å². The van der Waals surface area contributed by atoms with Crippen molar-refractivity contribution >= 4 is 38.9 Å². The van der Waals surface area contributed by atoms with Gasteiger partial charge < -0.3 is 4.74 Å². The second-order valence-corrected chi connectivity index (χ2v) is 8.96. The first-order valence-electron chi connectivity index (χ1n) is 9.54. The lowest BCUT2D eigenvalue weighted by atomic mass is 10.0. The van der Waals surface area contributed by atoms with Crippen molar-refractivity contribution in [3.63, 3.8) is 0 Å². The van der Waals surface area contributed by atoms with Gasteiger partial charge in [-0.3, -0.25) is 14.4 Å². The molecule has 0 aromatic heterocycles. The molecule has 0 saturated heterocycles. The Hall–Kier alpha value is -2.09. The Kier molecular flexibility index (Phi) is 6.82. The number of alkyl halides is 1. The van der Waals surface area contributed by atoms with Gasteiger partial charge in [-0.25, -0.2) is 8.42 Å². The van der Waals surface area contributed by atoms with Crippen LogP contribution in [-0.4, -0.2) is 27.2 Å². The molecule has 8 heteroatoms. The van der Waals surface area contributed by atoms with E-state index in [0.717, 1.165) is 16.8 Å². The van der Waals surface area contributed by atoms with E-state index in [2.05, 4.69) is 4.72 Å². The normalized spacial score (nSPS) is 15.1. The van der Waals surface area contributed by atoms with Crippen LogP contribution in [0.3, 0.4) is 0 Å². The van der Waals surface area contributed by atoms with Crippen molar-refractivity contribution in [3.8, 4) is 0 Å². The molecular formula is C21H25ClN2O4S. The molecule has 2 aromatic carbocycles. The second-order valence-electron chi connectivity index (χ2n) is 6.97. The molecule has 0 radical (unpaired) electrons. The fourth-order valence-corrected chi connectivity index (χ4v) is 4.82. The third-order valence-corrected chi connectivity index (χ3v) is 6.36. The number of carbonyl (C=O) groups is 1. The molecule has 2 aromatic rings. The molecule has 1 amide bonds. The number of aryl methyl sites for hydroxylation is 1. The van der Waals surface area contributed by atoms with Gasteiger partial charge in [-0.2, -0.15) is 0 Å². The topological polar surface area (TPSA) is 75.7 Å². The number of amides is 1. The van der Waals surface area contributed by atoms with Crippen LogP contribution in [0.5, 0.6) is 0 Å². The van der Waals surface area contributed by atoms with E-state index in [4.69, 9.17) is 16.3 Å². The van der Waals surface area contributed by atoms with Gasteiger partial charge in [0.05, 0.1) is 5.75 Å². The highest BCUT2D eigenvalue weighted by molar-refractivity contribution is 7.91. The van der Waals surface area contributed by atoms with Gasteiger partial charge in [0.1, 0.15) is 6.23 Å². The first-order valence-corrected chi connectivity index (χ1v) is 11.7. The van der Waals surface area contributed by atoms with Crippen molar-refractivity contribution < 1.29 is 17.9 Å². The number of hydrogen-bond acceptors (Lipinski definition) is 4. The van der Waals surface area contributed by atoms with E-state index in [-0.39, 0.29) is 17.9 Å². The maximum Gasteiger partial charge on any atom is 0.236 e. The number of ether oxygens (including phenoxy) is 1. The van der Waals surface area contributed by atoms with E-state index in [1.165, 1.54) is 0 Å². The molecule has 3 rings (SSSR count). The van der Waals surface area contributed by atoms with Crippen LogP contribution in [0.1, 0.15) is 37.0 Å². The Morgan fingerprint density at radius 2 is 1.83 bits per heavy atom. The summed E-state index contributed by atoms with van der Waals surface area (Å²) < 4.78 is 33.4. The fourth-order valence-electron chi connectivity index (χ4n) is 3.45. The Morgan fingerprint density at radius 1 is 1.14 bits per heavy atom. The Balaban J connectivity index is 1.77. The zero-order chi connectivity index (χ0) is 21.0. The summed E-state index contributed by atoms with van der Waals surface area (Å²) in [6.45, 7) is 4.22. The van der Waals surface area contributed by atoms with Crippen molar-refractivity contribution in [2.45, 2.75) is 44.5 Å². The minimum absolute atomic E-state index is 0.00664. The first-order chi connectivity index (χ1) is 13.8. The minimum Gasteiger partial charge on any atom is -0.359 e. The summed E-state index contributed by atoms with van der Waals surface area (Å²) >= 11 is 5.77. The molecule has 1 atom stereocenters. The summed E-state index contributed by atoms with van der Waals surface area (Å²) in [4.78, 5) is 14.0. The molecule has 1 N–H and O–H groups in total. The Labute approximate surface area is 176 Å². The van der Waals surface area contributed by atoms with E-state index < -0.39 is 10.0 Å². The maximum atomic E-state index is 12.6. The van der Waals surface area contributed by atoms with Crippen molar-refractivity contribution in [2.75, 3.05) is 16.2 Å². The zero-order valence-corrected chi connectivity index (χ0v) is 18.1. The molecule has 0 saturated carbocycles. The number of hydrogen-bond donors (Lipinski definition) is 1. The van der Waals surface area contributed by atoms with Gasteiger partial charge in [0.2, 0.25) is 15.9 Å². The van der Waals surface area contributed by atoms with Crippen LogP contribution in [0.15, 0.2) is 42.5 Å². The monoisotopic (exact) mass is 436 g/mol. The van der Waals surface area contributed by atoms with Gasteiger partial charge in [0.25, 0.3) is 0 Å². The van der Waals surface area contributed by atoms with Gasteiger partial charge in [0, 0.05) is 30.3 Å². The van der Waals surface area contributed by atoms with Crippen LogP contribution in [0.4, 0.5) is 11.4 Å². The van der Waals surface area contributed by atoms with Gasteiger partial charge in [0.15, 0.2) is 0 Å². The number of nitrogens with zero attached hydrogens (tertiary/aromatic N) is 1. The highest BCUT2D eigenvalue weighted by Crippen LogP contribution is 2.32. The highest BCUT2D eigenvalue weighted by Gasteiger charge is 2.29. The van der Waals surface area contributed by atoms with Gasteiger partial charge in [-0.1, -0.05) is 24.3 Å². The van der Waals surface area contributed by atoms with Crippen molar-refractivity contribution in [1.29, 1.82) is 0 Å². The number of halogens is 1. The largest absolute Gasteiger partial charge is 0.359 e. The molecule has 1 heterocycles. The molecule has 156 valence electrons. The lowest BCUT2D eigenvalue weighted by Gasteiger charge is -2.34. The summed E-state index contributed by atoms with van der Waals surface area (Å²) in [5.74, 6) is 0.271. The lowest BCUT2D eigenvalue weighted by Crippen LogP contribution is -2.43. The van der Waals surface area contributed by atoms with Gasteiger partial charge in [-0.05, 0) is 55.2 Å². The summed E-state index contributed by atoms with van der Waals surface area (Å²) in [7, 11) is -3.57. The minimum atomic E-state index is -3.57. The van der Waals surface area contributed by atoms with Crippen molar-refractivity contribution in [2.24, 2.45) is 0 Å². The molecular weight excluding hydrogens is 412 g/mol. The molecule has 0 bridgehead atoms. The standard InChI is InChI=1S/C21H25ClN2O4S/c1-3-28-15(2)24-20-10-9-19(12-18(20)8-11-21(24)25)23-29(26,27)14-17-6-4-16(13-22)5-7-17/h4-7,9-10,12,15,23H,3,8,11,13-14H2,1-2H3. The van der Waals surface area contributed by atoms with Crippen LogP contribution in [0.2, 0.25) is 0 Å². The average molecular weight is 437 g/mol. The highest BCUT2D eigenvalue weighted by atomic mass is 35.5. The molecule has 6 nitrogen and oxygen atoms in total. The second kappa shape index (κ2) is 9.15. The molecule has 0 fully saturated rings. The van der Waals surface area contributed by atoms with Gasteiger partial charge in [-0.15, -0.1) is 11.6 Å². The molecule has 1 aliphatic heterocycles. The third-order valence-electron chi connectivity index (χ3n) is 4.79. The van der Waals surface area contributed by atoms with Crippen LogP contribution >= 0.6 is 11.6 Å². The smallest absolute Gasteiger partial charge is 0.236 e. The summed E-state index contributed by atoms with van der Waals surface area (Å²) in [6.07, 6.45) is 0.567. The number of nitrogens with one attached hydrogen (secondary N) is 1. The van der Waals surface area contributed by atoms with E-state index in [0.29, 0.717) is 36.6 Å². The van der Waals surface area contributed by atoms with E-state index in [1.54, 1.807) is 35.2 Å². The summed E-state index contributed by atoms with van der Waals surface area (Å²) in [6, 6.07) is 12.4. The van der Waals surface area contributed by atoms with E-state index in [9.17, 15) is 13.2 Å². The summed E-state index contributed by atoms with van der Waals surface area (Å²) in [5, 5.41) is 0. The average Bonchev–Trinajstić information content (AvgIpc) is 2.68. The molecule has 0 aliphatic carbocycles. The summed E-state index contributed by atoms with van der Waals surface area (Å²) in [5.41, 5.74) is 3.80. The van der Waals surface area contributed by atoms with Crippen LogP contribution in [0.25, 0.3) is 0 Å². The number of anilines is 2. The maximum absolute atomic E-state index is 12.6. The first kappa shape index (κ1) is 21.6. The molecule has 0 spiro atoms. The quantitative estimate of drug-likeness (QED) is 0.634. The predicted octanol–water partition coefficient (Wildman–Crippen LogP) is 4.03. The van der Waals surface area contributed by atoms with Gasteiger partial charge >= 0.3 is 0 Å². The molecule has 1 aliphatic rings. The molecule has 1 unspecified atom stereocenters. The number of rotatable bonds is 8. The SMILES string of the molecule is CCOC(C)N1C(=O)CCc2cc(NS(=O)(=O)Cc3ccc(CCl)cc3)ccc21. The lowest BCUT2D eigenvalue weighted by molar-refractivity contribution is -0.121. The van der Waals surface area contributed by atoms with Crippen LogP contribution < -0.4 is 9.62 Å².